The number of carbonyl (C=O) groups is 1. The molecule has 0 atom stereocenters. The van der Waals surface area contributed by atoms with Crippen LogP contribution in [0.25, 0.3) is 0 Å². The molecule has 19 heavy (non-hydrogen) atoms. The summed E-state index contributed by atoms with van der Waals surface area (Å²) in [6.45, 7) is 0.381. The molecular weight excluding hydrogens is 276 g/mol. The lowest BCUT2D eigenvalue weighted by molar-refractivity contribution is 0.0931. The smallest absolute Gasteiger partial charge is 0.179 e. The molecule has 0 saturated carbocycles. The van der Waals surface area contributed by atoms with Crippen LogP contribution in [-0.4, -0.2) is 50.2 Å². The fraction of sp³-hybridized carbons (Fsp3) is 0.417. The number of hydrogen-bond acceptors (Lipinski definition) is 4. The Labute approximate surface area is 109 Å². The van der Waals surface area contributed by atoms with E-state index in [2.05, 4.69) is 0 Å². The van der Waals surface area contributed by atoms with Gasteiger partial charge in [-0.25, -0.2) is 17.2 Å². The average Bonchev–Trinajstić information content (AvgIpc) is 2.35. The minimum absolute atomic E-state index is 0.00802. The molecule has 0 spiro atoms. The maximum absolute atomic E-state index is 13.4. The molecule has 0 amide bonds. The first-order chi connectivity index (χ1) is 8.87. The van der Waals surface area contributed by atoms with Crippen LogP contribution in [0.3, 0.4) is 0 Å². The Bertz CT molecular complexity index is 587. The van der Waals surface area contributed by atoms with Crippen molar-refractivity contribution >= 4 is 15.6 Å². The summed E-state index contributed by atoms with van der Waals surface area (Å²) in [6, 6.07) is 2.71. The monoisotopic (exact) mass is 289 g/mol. The van der Waals surface area contributed by atoms with Gasteiger partial charge in [0.2, 0.25) is 0 Å². The molecule has 0 N–H and O–H groups in total. The molecule has 1 heterocycles. The molecule has 0 bridgehead atoms. The summed E-state index contributed by atoms with van der Waals surface area (Å²) in [5.74, 6) is -2.00. The van der Waals surface area contributed by atoms with E-state index in [0.717, 1.165) is 18.2 Å². The molecule has 1 fully saturated rings. The summed E-state index contributed by atoms with van der Waals surface area (Å²) in [6.07, 6.45) is 0. The Morgan fingerprint density at radius 3 is 2.47 bits per heavy atom. The zero-order valence-corrected chi connectivity index (χ0v) is 10.9. The minimum Gasteiger partial charge on any atom is -0.294 e. The van der Waals surface area contributed by atoms with E-state index >= 15 is 0 Å². The van der Waals surface area contributed by atoms with Gasteiger partial charge >= 0.3 is 0 Å². The lowest BCUT2D eigenvalue weighted by Gasteiger charge is -2.25. The Morgan fingerprint density at radius 2 is 1.84 bits per heavy atom. The molecule has 1 aliphatic heterocycles. The summed E-state index contributed by atoms with van der Waals surface area (Å²) in [4.78, 5) is 13.5. The van der Waals surface area contributed by atoms with Gasteiger partial charge in [0.15, 0.2) is 15.6 Å². The van der Waals surface area contributed by atoms with E-state index in [0.29, 0.717) is 0 Å². The summed E-state index contributed by atoms with van der Waals surface area (Å²) >= 11 is 0. The predicted octanol–water partition coefficient (Wildman–Crippen LogP) is 0.878. The Balaban J connectivity index is 2.04. The van der Waals surface area contributed by atoms with E-state index < -0.39 is 27.3 Å². The summed E-state index contributed by atoms with van der Waals surface area (Å²) in [5, 5.41) is 0. The van der Waals surface area contributed by atoms with Gasteiger partial charge in [-0.3, -0.25) is 9.69 Å². The van der Waals surface area contributed by atoms with Gasteiger partial charge < -0.3 is 0 Å². The molecule has 1 aromatic carbocycles. The summed E-state index contributed by atoms with van der Waals surface area (Å²) in [5.41, 5.74) is -0.298. The third-order valence-corrected chi connectivity index (χ3v) is 4.64. The molecule has 4 nitrogen and oxygen atoms in total. The van der Waals surface area contributed by atoms with Crippen LogP contribution in [0.5, 0.6) is 0 Å². The van der Waals surface area contributed by atoms with Crippen LogP contribution in [0.15, 0.2) is 18.2 Å². The second-order valence-corrected chi connectivity index (χ2v) is 6.78. The Hall–Kier alpha value is -1.34. The number of rotatable bonds is 3. The molecule has 1 saturated heterocycles. The largest absolute Gasteiger partial charge is 0.294 e. The van der Waals surface area contributed by atoms with E-state index in [1.165, 1.54) is 0 Å². The lowest BCUT2D eigenvalue weighted by atomic mass is 10.1. The maximum atomic E-state index is 13.4. The van der Waals surface area contributed by atoms with Gasteiger partial charge in [0.25, 0.3) is 0 Å². The van der Waals surface area contributed by atoms with Crippen molar-refractivity contribution in [1.29, 1.82) is 0 Å². The molecule has 0 unspecified atom stereocenters. The molecule has 1 aliphatic rings. The van der Waals surface area contributed by atoms with Gasteiger partial charge in [-0.1, -0.05) is 0 Å². The van der Waals surface area contributed by atoms with Crippen molar-refractivity contribution in [2.45, 2.75) is 0 Å². The van der Waals surface area contributed by atoms with Crippen molar-refractivity contribution in [2.75, 3.05) is 31.1 Å². The number of ketones is 1. The van der Waals surface area contributed by atoms with Crippen LogP contribution in [0.1, 0.15) is 10.4 Å². The first-order valence-electron chi connectivity index (χ1n) is 5.78. The predicted molar refractivity (Wildman–Crippen MR) is 65.8 cm³/mol. The number of sulfone groups is 1. The number of carbonyl (C=O) groups excluding carboxylic acids is 1. The van der Waals surface area contributed by atoms with Gasteiger partial charge in [-0.05, 0) is 18.2 Å². The van der Waals surface area contributed by atoms with E-state index in [1.54, 1.807) is 4.90 Å². The first kappa shape index (κ1) is 14.1. The first-order valence-corrected chi connectivity index (χ1v) is 7.60. The lowest BCUT2D eigenvalue weighted by Crippen LogP contribution is -2.42. The van der Waals surface area contributed by atoms with Crippen molar-refractivity contribution in [1.82, 2.24) is 4.90 Å². The number of Topliss-reactive ketones (excluding diaryl/α,β-unsaturated/α-hetero) is 1. The maximum Gasteiger partial charge on any atom is 0.179 e. The van der Waals surface area contributed by atoms with Crippen LogP contribution in [-0.2, 0) is 9.84 Å². The van der Waals surface area contributed by atoms with Crippen molar-refractivity contribution in [3.63, 3.8) is 0 Å². The van der Waals surface area contributed by atoms with Crippen LogP contribution < -0.4 is 0 Å². The zero-order valence-electron chi connectivity index (χ0n) is 10.1. The second kappa shape index (κ2) is 5.34. The number of nitrogens with zero attached hydrogens (tertiary/aromatic N) is 1. The highest BCUT2D eigenvalue weighted by molar-refractivity contribution is 7.91. The van der Waals surface area contributed by atoms with Crippen molar-refractivity contribution in [3.8, 4) is 0 Å². The van der Waals surface area contributed by atoms with Crippen molar-refractivity contribution in [2.24, 2.45) is 0 Å². The minimum atomic E-state index is -3.02. The number of benzene rings is 1. The Kier molecular flexibility index (Phi) is 3.96. The highest BCUT2D eigenvalue weighted by Crippen LogP contribution is 2.12. The van der Waals surface area contributed by atoms with E-state index in [9.17, 15) is 22.0 Å². The van der Waals surface area contributed by atoms with E-state index in [4.69, 9.17) is 0 Å². The molecule has 104 valence electrons. The topological polar surface area (TPSA) is 54.5 Å². The summed E-state index contributed by atoms with van der Waals surface area (Å²) in [7, 11) is -3.02. The number of halogens is 2. The van der Waals surface area contributed by atoms with E-state index in [-0.39, 0.29) is 36.7 Å². The van der Waals surface area contributed by atoms with Crippen LogP contribution in [0.4, 0.5) is 8.78 Å². The number of hydrogen-bond donors (Lipinski definition) is 0. The van der Waals surface area contributed by atoms with Crippen molar-refractivity contribution in [3.05, 3.63) is 35.4 Å². The fourth-order valence-electron chi connectivity index (χ4n) is 1.91. The van der Waals surface area contributed by atoms with Gasteiger partial charge in [0.1, 0.15) is 11.6 Å². The standard InChI is InChI=1S/C12H13F2NO3S/c13-9-1-2-11(14)10(7-9)12(16)8-15-3-5-19(17,18)6-4-15/h1-2,7H,3-6,8H2. The zero-order chi connectivity index (χ0) is 14.0. The molecule has 0 radical (unpaired) electrons. The SMILES string of the molecule is O=C(CN1CCS(=O)(=O)CC1)c1cc(F)ccc1F. The van der Waals surface area contributed by atoms with Gasteiger partial charge in [-0.15, -0.1) is 0 Å². The molecule has 7 heteroatoms. The third-order valence-electron chi connectivity index (χ3n) is 3.03. The average molecular weight is 289 g/mol. The molecule has 1 aromatic rings. The van der Waals surface area contributed by atoms with E-state index in [1.807, 2.05) is 0 Å². The van der Waals surface area contributed by atoms with Crippen LogP contribution >= 0.6 is 0 Å². The van der Waals surface area contributed by atoms with Gasteiger partial charge in [-0.2, -0.15) is 0 Å². The Morgan fingerprint density at radius 1 is 1.21 bits per heavy atom. The summed E-state index contributed by atoms with van der Waals surface area (Å²) < 4.78 is 48.8. The molecular formula is C12H13F2NO3S. The molecule has 0 aliphatic carbocycles. The van der Waals surface area contributed by atoms with Gasteiger partial charge in [0, 0.05) is 13.1 Å². The van der Waals surface area contributed by atoms with Crippen molar-refractivity contribution < 1.29 is 22.0 Å². The second-order valence-electron chi connectivity index (χ2n) is 4.48. The highest BCUT2D eigenvalue weighted by Gasteiger charge is 2.24. The molecule has 2 rings (SSSR count). The quantitative estimate of drug-likeness (QED) is 0.775. The normalized spacial score (nSPS) is 19.3. The van der Waals surface area contributed by atoms with Crippen LogP contribution in [0, 0.1) is 11.6 Å². The van der Waals surface area contributed by atoms with Crippen LogP contribution in [0.2, 0.25) is 0 Å². The fourth-order valence-corrected chi connectivity index (χ4v) is 3.18. The highest BCUT2D eigenvalue weighted by atomic mass is 32.2. The van der Waals surface area contributed by atoms with Gasteiger partial charge in [0.05, 0.1) is 23.6 Å². The molecule has 0 aromatic heterocycles. The third kappa shape index (κ3) is 3.57.